The van der Waals surface area contributed by atoms with Gasteiger partial charge in [-0.25, -0.2) is 0 Å². The molecule has 0 heterocycles. The molecule has 55 heavy (non-hydrogen) atoms. The molecule has 0 aliphatic rings. The Hall–Kier alpha value is -5.37. The molecule has 0 aromatic heterocycles. The van der Waals surface area contributed by atoms with Gasteiger partial charge in [-0.05, 0) is 152 Å². The number of hydrogen-bond donors (Lipinski definition) is 2. The Labute approximate surface area is 327 Å². The molecular weight excluding hydrogens is 701 g/mol. The van der Waals surface area contributed by atoms with Crippen molar-refractivity contribution >= 4 is 27.2 Å². The van der Waals surface area contributed by atoms with Crippen molar-refractivity contribution in [2.24, 2.45) is 0 Å². The van der Waals surface area contributed by atoms with E-state index in [9.17, 15) is 13.0 Å². The highest BCUT2D eigenvalue weighted by molar-refractivity contribution is 7.85. The summed E-state index contributed by atoms with van der Waals surface area (Å²) in [4.78, 5) is 2.34. The van der Waals surface area contributed by atoms with Gasteiger partial charge in [0.25, 0.3) is 10.1 Å². The number of hydrogen-bond acceptors (Lipinski definition) is 5. The van der Waals surface area contributed by atoms with Crippen LogP contribution in [0.25, 0.3) is 0 Å². The second-order valence-corrected chi connectivity index (χ2v) is 15.6. The summed E-state index contributed by atoms with van der Waals surface area (Å²) in [5, 5.41) is 3.54. The fourth-order valence-corrected chi connectivity index (χ4v) is 8.07. The summed E-state index contributed by atoms with van der Waals surface area (Å²) >= 11 is 0. The van der Waals surface area contributed by atoms with E-state index >= 15 is 0 Å². The molecule has 0 amide bonds. The highest BCUT2D eigenvalue weighted by Crippen LogP contribution is 2.39. The maximum absolute atomic E-state index is 11.8. The number of benzene rings is 6. The van der Waals surface area contributed by atoms with Crippen molar-refractivity contribution in [3.63, 3.8) is 0 Å². The summed E-state index contributed by atoms with van der Waals surface area (Å²) in [6, 6.07) is 47.7. The lowest BCUT2D eigenvalue weighted by Crippen LogP contribution is -2.22. The number of nitrogens with one attached hydrogen (secondary N) is 1. The van der Waals surface area contributed by atoms with Crippen molar-refractivity contribution in [3.8, 4) is 5.75 Å². The van der Waals surface area contributed by atoms with Crippen molar-refractivity contribution in [1.82, 2.24) is 0 Å². The van der Waals surface area contributed by atoms with Gasteiger partial charge < -0.3 is 15.0 Å². The van der Waals surface area contributed by atoms with Gasteiger partial charge in [-0.2, -0.15) is 8.42 Å². The lowest BCUT2D eigenvalue weighted by atomic mass is 9.79. The highest BCUT2D eigenvalue weighted by atomic mass is 32.2. The Morgan fingerprint density at radius 2 is 1.29 bits per heavy atom. The smallest absolute Gasteiger partial charge is 0.294 e. The molecule has 0 radical (unpaired) electrons. The molecule has 0 spiro atoms. The normalized spacial score (nSPS) is 12.5. The van der Waals surface area contributed by atoms with E-state index in [0.717, 1.165) is 42.2 Å². The van der Waals surface area contributed by atoms with E-state index in [1.54, 1.807) is 12.1 Å². The van der Waals surface area contributed by atoms with Gasteiger partial charge in [-0.3, -0.25) is 4.55 Å². The van der Waals surface area contributed by atoms with Crippen LogP contribution < -0.4 is 15.0 Å². The van der Waals surface area contributed by atoms with Crippen LogP contribution in [0.1, 0.15) is 83.5 Å². The molecule has 0 aliphatic carbocycles. The van der Waals surface area contributed by atoms with Gasteiger partial charge in [0.05, 0.1) is 11.5 Å². The SMILES string of the molecule is CCOc1ccc(Nc2ccc(C(c3ccc(C(CC)Cc4cccc(S(=O)(=O)O)c4)cc3C)c3ccc(N(CC)Cc4ccccc4)cc3C)cc2)cc1. The fraction of sp³-hybridized carbons (Fsp3) is 0.250. The van der Waals surface area contributed by atoms with E-state index in [-0.39, 0.29) is 16.7 Å². The molecule has 2 unspecified atom stereocenters. The molecule has 6 aromatic rings. The molecule has 7 heteroatoms. The van der Waals surface area contributed by atoms with Crippen molar-refractivity contribution in [2.45, 2.75) is 70.7 Å². The van der Waals surface area contributed by atoms with E-state index in [0.29, 0.717) is 13.0 Å². The van der Waals surface area contributed by atoms with Crippen LogP contribution in [-0.2, 0) is 23.1 Å². The molecule has 2 N–H and O–H groups in total. The van der Waals surface area contributed by atoms with Gasteiger partial charge in [0.1, 0.15) is 5.75 Å². The molecule has 284 valence electrons. The molecule has 0 fully saturated rings. The molecule has 6 rings (SSSR count). The average molecular weight is 753 g/mol. The molecule has 0 saturated carbocycles. The van der Waals surface area contributed by atoms with Gasteiger partial charge in [0.2, 0.25) is 0 Å². The van der Waals surface area contributed by atoms with Gasteiger partial charge in [0.15, 0.2) is 0 Å². The second-order valence-electron chi connectivity index (χ2n) is 14.2. The maximum atomic E-state index is 11.8. The predicted octanol–water partition coefficient (Wildman–Crippen LogP) is 11.6. The van der Waals surface area contributed by atoms with Crippen LogP contribution >= 0.6 is 0 Å². The fourth-order valence-electron chi connectivity index (χ4n) is 7.52. The van der Waals surface area contributed by atoms with Crippen LogP contribution in [0.5, 0.6) is 5.75 Å². The Morgan fingerprint density at radius 3 is 1.89 bits per heavy atom. The predicted molar refractivity (Wildman–Crippen MR) is 227 cm³/mol. The average Bonchev–Trinajstić information content (AvgIpc) is 3.19. The van der Waals surface area contributed by atoms with Gasteiger partial charge in [0, 0.05) is 36.1 Å². The van der Waals surface area contributed by atoms with E-state index in [2.05, 4.69) is 129 Å². The first-order valence-electron chi connectivity index (χ1n) is 19.2. The second kappa shape index (κ2) is 17.8. The summed E-state index contributed by atoms with van der Waals surface area (Å²) < 4.78 is 38.9. The Kier molecular flexibility index (Phi) is 12.8. The third-order valence-corrected chi connectivity index (χ3v) is 11.3. The monoisotopic (exact) mass is 752 g/mol. The van der Waals surface area contributed by atoms with Crippen molar-refractivity contribution in [1.29, 1.82) is 0 Å². The van der Waals surface area contributed by atoms with Crippen LogP contribution in [0.3, 0.4) is 0 Å². The minimum absolute atomic E-state index is 0.00153. The standard InChI is InChI=1S/C48H52N2O4S/c1-6-38(31-37-15-12-16-45(32-37)55(51,52)53)40-19-27-46(34(4)29-40)48(39-17-20-41(21-18-39)49-42-22-25-44(26-23-42)54-8-3)47-28-24-43(30-35(47)5)50(7-2)33-36-13-10-9-11-14-36/h9-30,32,38,48-49H,6-8,31,33H2,1-5H3,(H,51,52,53). The zero-order valence-electron chi connectivity index (χ0n) is 32.5. The Morgan fingerprint density at radius 1 is 0.673 bits per heavy atom. The summed E-state index contributed by atoms with van der Waals surface area (Å²) in [6.07, 6.45) is 1.56. The summed E-state index contributed by atoms with van der Waals surface area (Å²) in [5.41, 5.74) is 12.7. The number of ether oxygens (including phenoxy) is 1. The lowest BCUT2D eigenvalue weighted by Gasteiger charge is -2.27. The van der Waals surface area contributed by atoms with Crippen LogP contribution in [0.15, 0.2) is 144 Å². The lowest BCUT2D eigenvalue weighted by molar-refractivity contribution is 0.340. The van der Waals surface area contributed by atoms with Crippen LogP contribution in [0.4, 0.5) is 17.1 Å². The Bertz CT molecular complexity index is 2290. The molecule has 0 bridgehead atoms. The van der Waals surface area contributed by atoms with Crippen LogP contribution in [0, 0.1) is 13.8 Å². The zero-order valence-corrected chi connectivity index (χ0v) is 33.3. The first kappa shape index (κ1) is 39.3. The summed E-state index contributed by atoms with van der Waals surface area (Å²) in [6.45, 7) is 13.2. The first-order valence-corrected chi connectivity index (χ1v) is 20.7. The minimum Gasteiger partial charge on any atom is -0.494 e. The van der Waals surface area contributed by atoms with Gasteiger partial charge in [-0.1, -0.05) is 85.8 Å². The number of anilines is 3. The van der Waals surface area contributed by atoms with E-state index in [1.165, 1.54) is 50.7 Å². The van der Waals surface area contributed by atoms with Crippen LogP contribution in [0.2, 0.25) is 0 Å². The molecule has 6 nitrogen and oxygen atoms in total. The minimum atomic E-state index is -4.27. The topological polar surface area (TPSA) is 78.9 Å². The molecule has 6 aromatic carbocycles. The van der Waals surface area contributed by atoms with Crippen LogP contribution in [-0.4, -0.2) is 26.1 Å². The van der Waals surface area contributed by atoms with E-state index in [4.69, 9.17) is 4.74 Å². The van der Waals surface area contributed by atoms with Crippen molar-refractivity contribution < 1.29 is 17.7 Å². The van der Waals surface area contributed by atoms with Gasteiger partial charge in [-0.15, -0.1) is 0 Å². The number of rotatable bonds is 16. The molecular formula is C48H52N2O4S. The highest BCUT2D eigenvalue weighted by Gasteiger charge is 2.23. The first-order chi connectivity index (χ1) is 26.6. The van der Waals surface area contributed by atoms with Crippen molar-refractivity contribution in [3.05, 3.63) is 184 Å². The largest absolute Gasteiger partial charge is 0.494 e. The molecule has 0 saturated heterocycles. The summed E-state index contributed by atoms with van der Waals surface area (Å²) in [5.74, 6) is 1.03. The van der Waals surface area contributed by atoms with E-state index < -0.39 is 10.1 Å². The third-order valence-electron chi connectivity index (χ3n) is 10.5. The molecule has 2 atom stereocenters. The number of aryl methyl sites for hydroxylation is 2. The third kappa shape index (κ3) is 9.85. The quantitative estimate of drug-likeness (QED) is 0.0757. The molecule has 0 aliphatic heterocycles. The Balaban J connectivity index is 1.34. The number of nitrogens with zero attached hydrogens (tertiary/aromatic N) is 1. The summed E-state index contributed by atoms with van der Waals surface area (Å²) in [7, 11) is -4.27. The van der Waals surface area contributed by atoms with Crippen molar-refractivity contribution in [2.75, 3.05) is 23.4 Å². The van der Waals surface area contributed by atoms with E-state index in [1.807, 2.05) is 37.3 Å². The van der Waals surface area contributed by atoms with Gasteiger partial charge >= 0.3 is 0 Å². The zero-order chi connectivity index (χ0) is 39.0. The maximum Gasteiger partial charge on any atom is 0.294 e.